The summed E-state index contributed by atoms with van der Waals surface area (Å²) in [5, 5.41) is 13.4. The molecule has 6 nitrogen and oxygen atoms in total. The fourth-order valence-electron chi connectivity index (χ4n) is 3.24. The maximum absolute atomic E-state index is 12.2. The highest BCUT2D eigenvalue weighted by Gasteiger charge is 2.12. The van der Waals surface area contributed by atoms with Crippen molar-refractivity contribution in [2.24, 2.45) is 0 Å². The molecule has 3 aromatic carbocycles. The number of hydrogen-bond acceptors (Lipinski definition) is 5. The van der Waals surface area contributed by atoms with E-state index < -0.39 is 0 Å². The van der Waals surface area contributed by atoms with Crippen LogP contribution in [0.1, 0.15) is 22.8 Å². The van der Waals surface area contributed by atoms with E-state index in [9.17, 15) is 14.8 Å². The quantitative estimate of drug-likeness (QED) is 0.177. The Balaban J connectivity index is 1.45. The van der Waals surface area contributed by atoms with Crippen LogP contribution in [0.4, 0.5) is 5.69 Å². The summed E-state index contributed by atoms with van der Waals surface area (Å²) in [6, 6.07) is 19.9. The van der Waals surface area contributed by atoms with Gasteiger partial charge in [-0.15, -0.1) is 11.8 Å². The number of aromatic nitrogens is 2. The van der Waals surface area contributed by atoms with E-state index in [1.807, 2.05) is 24.5 Å². The summed E-state index contributed by atoms with van der Waals surface area (Å²) >= 11 is 1.60. The molecule has 4 rings (SSSR count). The molecule has 1 amide bonds. The van der Waals surface area contributed by atoms with Crippen LogP contribution < -0.4 is 5.32 Å². The largest absolute Gasteiger partial charge is 0.426 e. The van der Waals surface area contributed by atoms with E-state index in [1.165, 1.54) is 13.0 Å². The maximum atomic E-state index is 12.2. The van der Waals surface area contributed by atoms with Crippen LogP contribution in [0, 0.1) is 0 Å². The highest BCUT2D eigenvalue weighted by Crippen LogP contribution is 2.27. The van der Waals surface area contributed by atoms with Gasteiger partial charge in [-0.3, -0.25) is 9.59 Å². The van der Waals surface area contributed by atoms with Gasteiger partial charge in [-0.1, -0.05) is 24.3 Å². The Kier molecular flexibility index (Phi) is 6.09. The summed E-state index contributed by atoms with van der Waals surface area (Å²) in [6.07, 6.45) is 5.10. The molecule has 0 atom stereocenters. The van der Waals surface area contributed by atoms with Crippen LogP contribution in [0.5, 0.6) is 0 Å². The van der Waals surface area contributed by atoms with Gasteiger partial charge in [0.05, 0.1) is 5.52 Å². The molecule has 32 heavy (non-hydrogen) atoms. The van der Waals surface area contributed by atoms with Crippen LogP contribution in [0.2, 0.25) is 0 Å². The number of ketones is 1. The lowest BCUT2D eigenvalue weighted by Gasteiger charge is -2.05. The fourth-order valence-corrected chi connectivity index (χ4v) is 3.68. The number of anilines is 1. The van der Waals surface area contributed by atoms with Crippen molar-refractivity contribution in [3.8, 4) is 11.4 Å². The summed E-state index contributed by atoms with van der Waals surface area (Å²) in [6.45, 7) is 1.52. The van der Waals surface area contributed by atoms with Crippen LogP contribution in [-0.2, 0) is 4.79 Å². The number of imidazole rings is 1. The summed E-state index contributed by atoms with van der Waals surface area (Å²) < 4.78 is 1.09. The van der Waals surface area contributed by atoms with Gasteiger partial charge in [0.25, 0.3) is 0 Å². The fraction of sp³-hybridized carbons (Fsp3) is 0.0800. The van der Waals surface area contributed by atoms with Crippen molar-refractivity contribution in [1.82, 2.24) is 9.71 Å². The smallest absolute Gasteiger partial charge is 0.248 e. The molecule has 0 saturated heterocycles. The summed E-state index contributed by atoms with van der Waals surface area (Å²) in [5.41, 5.74) is 4.17. The molecule has 1 aromatic heterocycles. The Bertz CT molecular complexity index is 1320. The first-order valence-electron chi connectivity index (χ1n) is 9.91. The molecule has 0 saturated carbocycles. The van der Waals surface area contributed by atoms with Gasteiger partial charge in [0.1, 0.15) is 5.52 Å². The van der Waals surface area contributed by atoms with Crippen LogP contribution in [0.15, 0.2) is 77.7 Å². The van der Waals surface area contributed by atoms with Gasteiger partial charge in [-0.05, 0) is 67.3 Å². The normalized spacial score (nSPS) is 11.2. The predicted molar refractivity (Wildman–Crippen MR) is 128 cm³/mol. The first-order chi connectivity index (χ1) is 15.4. The third-order valence-corrected chi connectivity index (χ3v) is 5.72. The van der Waals surface area contributed by atoms with E-state index in [1.54, 1.807) is 66.4 Å². The minimum Gasteiger partial charge on any atom is -0.426 e. The Morgan fingerprint density at radius 2 is 1.75 bits per heavy atom. The van der Waals surface area contributed by atoms with Crippen molar-refractivity contribution >= 4 is 46.2 Å². The molecule has 0 unspecified atom stereocenters. The van der Waals surface area contributed by atoms with Gasteiger partial charge in [-0.25, -0.2) is 4.98 Å². The molecule has 2 N–H and O–H groups in total. The van der Waals surface area contributed by atoms with Crippen molar-refractivity contribution in [1.29, 1.82) is 0 Å². The molecule has 0 aliphatic heterocycles. The van der Waals surface area contributed by atoms with Gasteiger partial charge < -0.3 is 10.5 Å². The summed E-state index contributed by atoms with van der Waals surface area (Å²) in [5.74, 6) is 0.167. The second-order valence-electron chi connectivity index (χ2n) is 7.18. The zero-order valence-corrected chi connectivity index (χ0v) is 18.4. The molecule has 4 aromatic rings. The molecule has 0 fully saturated rings. The van der Waals surface area contributed by atoms with Crippen molar-refractivity contribution in [3.63, 3.8) is 0 Å². The highest BCUT2D eigenvalue weighted by molar-refractivity contribution is 7.98. The molecule has 0 aliphatic rings. The van der Waals surface area contributed by atoms with E-state index >= 15 is 0 Å². The van der Waals surface area contributed by atoms with Gasteiger partial charge in [0.2, 0.25) is 5.91 Å². The summed E-state index contributed by atoms with van der Waals surface area (Å²) in [7, 11) is 0. The molecular formula is C25H21N3O3S. The third kappa shape index (κ3) is 4.58. The van der Waals surface area contributed by atoms with Gasteiger partial charge in [0, 0.05) is 27.8 Å². The first kappa shape index (κ1) is 21.4. The van der Waals surface area contributed by atoms with Crippen LogP contribution in [-0.4, -0.2) is 32.9 Å². The van der Waals surface area contributed by atoms with E-state index in [-0.39, 0.29) is 11.7 Å². The molecule has 1 heterocycles. The molecule has 7 heteroatoms. The van der Waals surface area contributed by atoms with E-state index in [4.69, 9.17) is 0 Å². The second-order valence-corrected chi connectivity index (χ2v) is 8.06. The molecule has 0 radical (unpaired) electrons. The Morgan fingerprint density at radius 3 is 2.41 bits per heavy atom. The lowest BCUT2D eigenvalue weighted by Crippen LogP contribution is -2.07. The molecule has 0 bridgehead atoms. The molecule has 0 aliphatic carbocycles. The number of amides is 1. The zero-order valence-electron chi connectivity index (χ0n) is 17.6. The lowest BCUT2D eigenvalue weighted by atomic mass is 10.1. The van der Waals surface area contributed by atoms with Gasteiger partial charge in [0.15, 0.2) is 11.6 Å². The second kappa shape index (κ2) is 9.11. The number of fused-ring (bicyclic) bond motifs is 1. The average Bonchev–Trinajstić information content (AvgIpc) is 3.14. The van der Waals surface area contributed by atoms with Crippen LogP contribution in [0.3, 0.4) is 0 Å². The number of nitrogens with one attached hydrogen (secondary N) is 1. The standard InChI is InChI=1S/C25H21N3O3S/c1-16(29)18-6-3-17(4-7-18)5-14-24(30)26-20-10-8-19(9-11-20)25-27-22-13-12-21(32-2)15-23(22)28(25)31/h3-15,31H,1-2H3,(H,26,30). The third-order valence-electron chi connectivity index (χ3n) is 4.99. The molecule has 0 spiro atoms. The number of hydrogen-bond donors (Lipinski definition) is 2. The number of benzene rings is 3. The minimum absolute atomic E-state index is 0.00296. The first-order valence-corrected chi connectivity index (χ1v) is 11.1. The van der Waals surface area contributed by atoms with E-state index in [0.29, 0.717) is 28.1 Å². The number of carbonyl (C=O) groups excluding carboxylic acids is 2. The van der Waals surface area contributed by atoms with Gasteiger partial charge >= 0.3 is 0 Å². The predicted octanol–water partition coefficient (Wildman–Crippen LogP) is 5.52. The zero-order chi connectivity index (χ0) is 22.7. The SMILES string of the molecule is CSc1ccc2nc(-c3ccc(NC(=O)C=Cc4ccc(C(C)=O)cc4)cc3)n(O)c2c1. The monoisotopic (exact) mass is 443 g/mol. The number of nitrogens with zero attached hydrogens (tertiary/aromatic N) is 2. The molecular weight excluding hydrogens is 422 g/mol. The number of rotatable bonds is 6. The average molecular weight is 444 g/mol. The minimum atomic E-state index is -0.271. The Labute approximate surface area is 189 Å². The highest BCUT2D eigenvalue weighted by atomic mass is 32.2. The van der Waals surface area contributed by atoms with Crippen LogP contribution >= 0.6 is 11.8 Å². The molecule has 160 valence electrons. The lowest BCUT2D eigenvalue weighted by molar-refractivity contribution is -0.111. The van der Waals surface area contributed by atoms with E-state index in [2.05, 4.69) is 10.3 Å². The number of thioether (sulfide) groups is 1. The van der Waals surface area contributed by atoms with Crippen molar-refractivity contribution < 1.29 is 14.8 Å². The van der Waals surface area contributed by atoms with Gasteiger partial charge in [-0.2, -0.15) is 4.73 Å². The van der Waals surface area contributed by atoms with Crippen molar-refractivity contribution in [3.05, 3.63) is 83.9 Å². The van der Waals surface area contributed by atoms with Crippen molar-refractivity contribution in [2.45, 2.75) is 11.8 Å². The van der Waals surface area contributed by atoms with Crippen molar-refractivity contribution in [2.75, 3.05) is 11.6 Å². The number of carbonyl (C=O) groups is 2. The number of Topliss-reactive ketones (excluding diaryl/α,β-unsaturated/α-hetero) is 1. The topological polar surface area (TPSA) is 84.2 Å². The Hall–Kier alpha value is -3.84. The van der Waals surface area contributed by atoms with Crippen LogP contribution in [0.25, 0.3) is 28.5 Å². The van der Waals surface area contributed by atoms with E-state index in [0.717, 1.165) is 20.8 Å². The Morgan fingerprint density at radius 1 is 1.03 bits per heavy atom. The maximum Gasteiger partial charge on any atom is 0.248 e. The summed E-state index contributed by atoms with van der Waals surface area (Å²) in [4.78, 5) is 29.1.